The van der Waals surface area contributed by atoms with Crippen LogP contribution in [-0.4, -0.2) is 4.98 Å². The van der Waals surface area contributed by atoms with E-state index in [1.54, 1.807) is 18.2 Å². The van der Waals surface area contributed by atoms with Crippen molar-refractivity contribution in [3.8, 4) is 17.3 Å². The third kappa shape index (κ3) is 1.97. The number of fused-ring (bicyclic) bond motifs is 1. The molecule has 0 aliphatic rings. The number of rotatable bonds is 1. The standard InChI is InChI=1S/C16H9ClN2O/c17-11-6-7-14-12(8-11)16(20)13(9-18)15(19-14)10-4-2-1-3-5-10/h1-8H,(H,19,20). The van der Waals surface area contributed by atoms with Crippen molar-refractivity contribution in [3.05, 3.63) is 69.3 Å². The lowest BCUT2D eigenvalue weighted by Crippen LogP contribution is -2.10. The smallest absolute Gasteiger partial charge is 0.207 e. The summed E-state index contributed by atoms with van der Waals surface area (Å²) < 4.78 is 0. The van der Waals surface area contributed by atoms with Crippen LogP contribution < -0.4 is 5.43 Å². The van der Waals surface area contributed by atoms with Gasteiger partial charge in [-0.3, -0.25) is 4.79 Å². The van der Waals surface area contributed by atoms with Crippen LogP contribution in [0.25, 0.3) is 22.2 Å². The Morgan fingerprint density at radius 1 is 1.10 bits per heavy atom. The molecule has 0 amide bonds. The maximum absolute atomic E-state index is 12.4. The number of nitriles is 1. The van der Waals surface area contributed by atoms with Gasteiger partial charge in [0.15, 0.2) is 0 Å². The Morgan fingerprint density at radius 3 is 2.55 bits per heavy atom. The number of benzene rings is 2. The summed E-state index contributed by atoms with van der Waals surface area (Å²) in [6, 6.07) is 16.3. The van der Waals surface area contributed by atoms with Crippen LogP contribution in [0.2, 0.25) is 5.02 Å². The summed E-state index contributed by atoms with van der Waals surface area (Å²) in [7, 11) is 0. The van der Waals surface area contributed by atoms with Gasteiger partial charge in [-0.15, -0.1) is 0 Å². The molecule has 0 aliphatic carbocycles. The monoisotopic (exact) mass is 280 g/mol. The minimum atomic E-state index is -0.303. The molecule has 2 aromatic carbocycles. The van der Waals surface area contributed by atoms with E-state index < -0.39 is 0 Å². The average Bonchev–Trinajstić information content (AvgIpc) is 2.48. The molecular formula is C16H9ClN2O. The predicted octanol–water partition coefficient (Wildman–Crippen LogP) is 3.72. The van der Waals surface area contributed by atoms with Crippen LogP contribution in [0, 0.1) is 11.3 Å². The third-order valence-corrected chi connectivity index (χ3v) is 3.37. The number of aromatic amines is 1. The first-order valence-electron chi connectivity index (χ1n) is 6.02. The fourth-order valence-corrected chi connectivity index (χ4v) is 2.36. The summed E-state index contributed by atoms with van der Waals surface area (Å²) in [6.07, 6.45) is 0. The second-order valence-electron chi connectivity index (χ2n) is 4.37. The van der Waals surface area contributed by atoms with Crippen molar-refractivity contribution < 1.29 is 0 Å². The molecule has 0 atom stereocenters. The molecule has 0 unspecified atom stereocenters. The number of pyridine rings is 1. The highest BCUT2D eigenvalue weighted by atomic mass is 35.5. The average molecular weight is 281 g/mol. The van der Waals surface area contributed by atoms with Crippen LogP contribution in [0.4, 0.5) is 0 Å². The molecule has 0 aliphatic heterocycles. The van der Waals surface area contributed by atoms with Gasteiger partial charge in [-0.05, 0) is 23.8 Å². The van der Waals surface area contributed by atoms with E-state index in [0.29, 0.717) is 21.6 Å². The molecule has 0 fully saturated rings. The lowest BCUT2D eigenvalue weighted by Gasteiger charge is -2.07. The van der Waals surface area contributed by atoms with E-state index >= 15 is 0 Å². The summed E-state index contributed by atoms with van der Waals surface area (Å²) in [5.74, 6) is 0. The van der Waals surface area contributed by atoms with Gasteiger partial charge in [0.2, 0.25) is 5.43 Å². The zero-order valence-corrected chi connectivity index (χ0v) is 11.1. The fourth-order valence-electron chi connectivity index (χ4n) is 2.19. The first kappa shape index (κ1) is 12.5. The van der Waals surface area contributed by atoms with E-state index in [-0.39, 0.29) is 11.0 Å². The number of aromatic nitrogens is 1. The van der Waals surface area contributed by atoms with Crippen molar-refractivity contribution in [2.75, 3.05) is 0 Å². The molecule has 1 N–H and O–H groups in total. The lowest BCUT2D eigenvalue weighted by atomic mass is 10.0. The molecule has 0 radical (unpaired) electrons. The Hall–Kier alpha value is -2.57. The van der Waals surface area contributed by atoms with E-state index in [2.05, 4.69) is 4.98 Å². The topological polar surface area (TPSA) is 56.6 Å². The molecule has 0 saturated carbocycles. The molecule has 1 aromatic heterocycles. The normalized spacial score (nSPS) is 10.4. The maximum Gasteiger partial charge on any atom is 0.207 e. The molecule has 1 heterocycles. The zero-order valence-electron chi connectivity index (χ0n) is 10.4. The first-order valence-corrected chi connectivity index (χ1v) is 6.39. The largest absolute Gasteiger partial charge is 0.353 e. The molecule has 96 valence electrons. The summed E-state index contributed by atoms with van der Waals surface area (Å²) in [5.41, 5.74) is 1.80. The molecule has 0 bridgehead atoms. The number of H-pyrrole nitrogens is 1. The molecule has 3 rings (SSSR count). The SMILES string of the molecule is N#Cc1c(-c2ccccc2)[nH]c2ccc(Cl)cc2c1=O. The number of hydrogen-bond acceptors (Lipinski definition) is 2. The van der Waals surface area contributed by atoms with E-state index in [1.165, 1.54) is 0 Å². The molecule has 3 aromatic rings. The highest BCUT2D eigenvalue weighted by Gasteiger charge is 2.13. The molecule has 4 heteroatoms. The van der Waals surface area contributed by atoms with E-state index in [9.17, 15) is 10.1 Å². The predicted molar refractivity (Wildman–Crippen MR) is 79.7 cm³/mol. The number of nitrogens with zero attached hydrogens (tertiary/aromatic N) is 1. The van der Waals surface area contributed by atoms with Crippen LogP contribution in [0.15, 0.2) is 53.3 Å². The van der Waals surface area contributed by atoms with Gasteiger partial charge in [-0.2, -0.15) is 5.26 Å². The van der Waals surface area contributed by atoms with Crippen molar-refractivity contribution in [1.29, 1.82) is 5.26 Å². The Kier molecular flexibility index (Phi) is 3.02. The van der Waals surface area contributed by atoms with Crippen molar-refractivity contribution in [3.63, 3.8) is 0 Å². The first-order chi connectivity index (χ1) is 9.70. The van der Waals surface area contributed by atoms with Crippen molar-refractivity contribution >= 4 is 22.5 Å². The molecular weight excluding hydrogens is 272 g/mol. The summed E-state index contributed by atoms with van der Waals surface area (Å²) in [6.45, 7) is 0. The van der Waals surface area contributed by atoms with Crippen molar-refractivity contribution in [2.24, 2.45) is 0 Å². The Bertz CT molecular complexity index is 892. The van der Waals surface area contributed by atoms with Gasteiger partial charge in [-0.25, -0.2) is 0 Å². The van der Waals surface area contributed by atoms with Crippen LogP contribution in [0.1, 0.15) is 5.56 Å². The summed E-state index contributed by atoms with van der Waals surface area (Å²) >= 11 is 5.91. The van der Waals surface area contributed by atoms with Crippen molar-refractivity contribution in [2.45, 2.75) is 0 Å². The quantitative estimate of drug-likeness (QED) is 0.738. The number of hydrogen-bond donors (Lipinski definition) is 1. The van der Waals surface area contributed by atoms with Gasteiger partial charge in [-0.1, -0.05) is 41.9 Å². The number of halogens is 1. The Balaban J connectivity index is 2.43. The van der Waals surface area contributed by atoms with E-state index in [4.69, 9.17) is 11.6 Å². The number of nitrogens with one attached hydrogen (secondary N) is 1. The molecule has 20 heavy (non-hydrogen) atoms. The minimum Gasteiger partial charge on any atom is -0.353 e. The highest BCUT2D eigenvalue weighted by molar-refractivity contribution is 6.31. The minimum absolute atomic E-state index is 0.103. The van der Waals surface area contributed by atoms with Gasteiger partial charge < -0.3 is 4.98 Å². The van der Waals surface area contributed by atoms with Crippen LogP contribution >= 0.6 is 11.6 Å². The van der Waals surface area contributed by atoms with E-state index in [0.717, 1.165) is 5.56 Å². The van der Waals surface area contributed by atoms with Gasteiger partial charge >= 0.3 is 0 Å². The van der Waals surface area contributed by atoms with Gasteiger partial charge in [0.25, 0.3) is 0 Å². The Morgan fingerprint density at radius 2 is 1.85 bits per heavy atom. The van der Waals surface area contributed by atoms with Crippen LogP contribution in [0.3, 0.4) is 0 Å². The van der Waals surface area contributed by atoms with Gasteiger partial charge in [0.05, 0.1) is 5.69 Å². The van der Waals surface area contributed by atoms with Gasteiger partial charge in [0.1, 0.15) is 11.6 Å². The van der Waals surface area contributed by atoms with E-state index in [1.807, 2.05) is 36.4 Å². The zero-order chi connectivity index (χ0) is 14.1. The summed E-state index contributed by atoms with van der Waals surface area (Å²) in [4.78, 5) is 15.6. The maximum atomic E-state index is 12.4. The van der Waals surface area contributed by atoms with Crippen LogP contribution in [0.5, 0.6) is 0 Å². The second kappa shape index (κ2) is 4.84. The fraction of sp³-hybridized carbons (Fsp3) is 0. The summed E-state index contributed by atoms with van der Waals surface area (Å²) in [5, 5.41) is 10.2. The van der Waals surface area contributed by atoms with Crippen molar-refractivity contribution in [1.82, 2.24) is 4.98 Å². The molecule has 3 nitrogen and oxygen atoms in total. The molecule has 0 spiro atoms. The highest BCUT2D eigenvalue weighted by Crippen LogP contribution is 2.23. The molecule has 0 saturated heterocycles. The second-order valence-corrected chi connectivity index (χ2v) is 4.81. The van der Waals surface area contributed by atoms with Crippen LogP contribution in [-0.2, 0) is 0 Å². The third-order valence-electron chi connectivity index (χ3n) is 3.14. The lowest BCUT2D eigenvalue weighted by molar-refractivity contribution is 1.34. The van der Waals surface area contributed by atoms with Gasteiger partial charge in [0, 0.05) is 15.9 Å². The Labute approximate surface area is 120 Å².